The zero-order chi connectivity index (χ0) is 24.8. The molecule has 0 aliphatic carbocycles. The van der Waals surface area contributed by atoms with E-state index in [-0.39, 0.29) is 30.2 Å². The van der Waals surface area contributed by atoms with Gasteiger partial charge in [-0.1, -0.05) is 32.4 Å². The summed E-state index contributed by atoms with van der Waals surface area (Å²) in [6.45, 7) is 5.69. The highest BCUT2D eigenvalue weighted by atomic mass is 35.5. The minimum atomic E-state index is -1.12. The van der Waals surface area contributed by atoms with Crippen LogP contribution in [-0.2, 0) is 19.1 Å². The molecule has 0 radical (unpaired) electrons. The molecule has 186 valence electrons. The molecule has 4 rings (SSSR count). The molecule has 3 heterocycles. The summed E-state index contributed by atoms with van der Waals surface area (Å²) >= 11 is 5.99. The number of nitrogens with zero attached hydrogens (tertiary/aromatic N) is 1. The van der Waals surface area contributed by atoms with Crippen molar-refractivity contribution < 1.29 is 24.2 Å². The van der Waals surface area contributed by atoms with Gasteiger partial charge in [0.25, 0.3) is 0 Å². The number of rotatable bonds is 8. The molecule has 0 saturated carbocycles. The number of halogens is 1. The number of hydrogen-bond donors (Lipinski definition) is 3. The lowest BCUT2D eigenvalue weighted by Crippen LogP contribution is -2.56. The van der Waals surface area contributed by atoms with E-state index >= 15 is 0 Å². The van der Waals surface area contributed by atoms with Crippen LogP contribution in [0.4, 0.5) is 5.69 Å². The molecule has 0 aromatic heterocycles. The Kier molecular flexibility index (Phi) is 6.70. The lowest BCUT2D eigenvalue weighted by atomic mass is 9.65. The standard InChI is InChI=1S/C25H34ClN3O5/c1-5-24-10-11-25(34-24)19(18(24)21(31)27-4)23(33)29(17(13-30)12-14(2)3)20(25)22(32)28-16-8-6-15(26)7-9-16/h6-9,14,17-20,30H,5,10-13H2,1-4H3,(H,27,31)(H,28,32)/t17-,18-,19+,20?,24+,25?/m1/s1. The Labute approximate surface area is 205 Å². The molecule has 3 aliphatic heterocycles. The molecule has 3 saturated heterocycles. The van der Waals surface area contributed by atoms with Gasteiger partial charge in [-0.05, 0) is 55.9 Å². The second-order valence-electron chi connectivity index (χ2n) is 10.2. The number of carbonyl (C=O) groups is 3. The van der Waals surface area contributed by atoms with E-state index in [1.54, 1.807) is 31.3 Å². The Morgan fingerprint density at radius 1 is 1.24 bits per heavy atom. The topological polar surface area (TPSA) is 108 Å². The lowest BCUT2D eigenvalue weighted by molar-refractivity contribution is -0.149. The predicted molar refractivity (Wildman–Crippen MR) is 128 cm³/mol. The molecule has 34 heavy (non-hydrogen) atoms. The summed E-state index contributed by atoms with van der Waals surface area (Å²) in [6, 6.07) is 5.23. The van der Waals surface area contributed by atoms with Gasteiger partial charge in [-0.15, -0.1) is 0 Å². The molecule has 8 nitrogen and oxygen atoms in total. The van der Waals surface area contributed by atoms with E-state index in [9.17, 15) is 19.5 Å². The molecule has 1 spiro atoms. The number of nitrogens with one attached hydrogen (secondary N) is 2. The van der Waals surface area contributed by atoms with Gasteiger partial charge >= 0.3 is 0 Å². The number of hydrogen-bond acceptors (Lipinski definition) is 5. The number of amides is 3. The molecule has 3 amide bonds. The van der Waals surface area contributed by atoms with E-state index < -0.39 is 35.1 Å². The average Bonchev–Trinajstić information content (AvgIpc) is 3.42. The maximum Gasteiger partial charge on any atom is 0.250 e. The van der Waals surface area contributed by atoms with Crippen molar-refractivity contribution in [2.45, 2.75) is 69.7 Å². The number of benzene rings is 1. The van der Waals surface area contributed by atoms with Crippen LogP contribution in [0.1, 0.15) is 46.5 Å². The van der Waals surface area contributed by atoms with Crippen molar-refractivity contribution in [3.63, 3.8) is 0 Å². The number of carbonyl (C=O) groups excluding carboxylic acids is 3. The maximum absolute atomic E-state index is 14.0. The van der Waals surface area contributed by atoms with E-state index in [0.29, 0.717) is 36.4 Å². The molecular weight excluding hydrogens is 458 g/mol. The van der Waals surface area contributed by atoms with Crippen molar-refractivity contribution in [3.05, 3.63) is 29.3 Å². The van der Waals surface area contributed by atoms with Crippen LogP contribution >= 0.6 is 11.6 Å². The Hall–Kier alpha value is -2.16. The van der Waals surface area contributed by atoms with Crippen LogP contribution in [0.5, 0.6) is 0 Å². The van der Waals surface area contributed by atoms with Crippen LogP contribution < -0.4 is 10.6 Å². The monoisotopic (exact) mass is 491 g/mol. The van der Waals surface area contributed by atoms with Gasteiger partial charge in [0.2, 0.25) is 17.7 Å². The van der Waals surface area contributed by atoms with Crippen LogP contribution in [0.15, 0.2) is 24.3 Å². The number of aliphatic hydroxyl groups excluding tert-OH is 1. The van der Waals surface area contributed by atoms with Crippen molar-refractivity contribution in [1.82, 2.24) is 10.2 Å². The van der Waals surface area contributed by atoms with Crippen LogP contribution in [0.25, 0.3) is 0 Å². The van der Waals surface area contributed by atoms with E-state index in [1.165, 1.54) is 4.90 Å². The quantitative estimate of drug-likeness (QED) is 0.518. The fraction of sp³-hybridized carbons (Fsp3) is 0.640. The third-order valence-corrected chi connectivity index (χ3v) is 8.11. The molecule has 3 N–H and O–H groups in total. The zero-order valence-electron chi connectivity index (χ0n) is 20.1. The van der Waals surface area contributed by atoms with Crippen molar-refractivity contribution in [1.29, 1.82) is 0 Å². The second-order valence-corrected chi connectivity index (χ2v) is 10.6. The summed E-state index contributed by atoms with van der Waals surface area (Å²) < 4.78 is 6.66. The molecule has 3 fully saturated rings. The van der Waals surface area contributed by atoms with Crippen molar-refractivity contribution in [2.24, 2.45) is 17.8 Å². The van der Waals surface area contributed by atoms with Gasteiger partial charge in [-0.2, -0.15) is 0 Å². The number of fused-ring (bicyclic) bond motifs is 1. The smallest absolute Gasteiger partial charge is 0.250 e. The summed E-state index contributed by atoms with van der Waals surface area (Å²) in [6.07, 6.45) is 2.19. The van der Waals surface area contributed by atoms with Gasteiger partial charge in [0.1, 0.15) is 11.6 Å². The summed E-state index contributed by atoms with van der Waals surface area (Å²) in [4.78, 5) is 42.4. The first-order chi connectivity index (χ1) is 16.1. The summed E-state index contributed by atoms with van der Waals surface area (Å²) in [5.41, 5.74) is -1.35. The molecular formula is C25H34ClN3O5. The van der Waals surface area contributed by atoms with Gasteiger partial charge < -0.3 is 25.4 Å². The highest BCUT2D eigenvalue weighted by molar-refractivity contribution is 6.30. The van der Waals surface area contributed by atoms with Gasteiger partial charge in [0.15, 0.2) is 0 Å². The molecule has 2 unspecified atom stereocenters. The van der Waals surface area contributed by atoms with Gasteiger partial charge in [-0.3, -0.25) is 14.4 Å². The number of likely N-dealkylation sites (tertiary alicyclic amines) is 1. The lowest BCUT2D eigenvalue weighted by Gasteiger charge is -2.37. The minimum absolute atomic E-state index is 0.192. The number of ether oxygens (including phenoxy) is 1. The van der Waals surface area contributed by atoms with Crippen LogP contribution in [0.3, 0.4) is 0 Å². The minimum Gasteiger partial charge on any atom is -0.394 e. The van der Waals surface area contributed by atoms with Crippen molar-refractivity contribution >= 4 is 35.0 Å². The zero-order valence-corrected chi connectivity index (χ0v) is 20.9. The molecule has 6 atom stereocenters. The molecule has 9 heteroatoms. The third kappa shape index (κ3) is 3.71. The first-order valence-electron chi connectivity index (χ1n) is 12.0. The first-order valence-corrected chi connectivity index (χ1v) is 12.4. The van der Waals surface area contributed by atoms with Gasteiger partial charge in [-0.25, -0.2) is 0 Å². The highest BCUT2D eigenvalue weighted by Crippen LogP contribution is 2.64. The molecule has 1 aromatic rings. The van der Waals surface area contributed by atoms with Crippen LogP contribution in [-0.4, -0.2) is 64.7 Å². The van der Waals surface area contributed by atoms with Crippen LogP contribution in [0, 0.1) is 17.8 Å². The predicted octanol–water partition coefficient (Wildman–Crippen LogP) is 2.59. The number of aliphatic hydroxyl groups is 1. The van der Waals surface area contributed by atoms with E-state index in [0.717, 1.165) is 0 Å². The largest absolute Gasteiger partial charge is 0.394 e. The summed E-state index contributed by atoms with van der Waals surface area (Å²) in [5.74, 6) is -2.19. The van der Waals surface area contributed by atoms with E-state index in [2.05, 4.69) is 10.6 Å². The van der Waals surface area contributed by atoms with Crippen LogP contribution in [0.2, 0.25) is 5.02 Å². The molecule has 3 aliphatic rings. The first kappa shape index (κ1) is 24.9. The fourth-order valence-corrected chi connectivity index (χ4v) is 6.59. The molecule has 2 bridgehead atoms. The third-order valence-electron chi connectivity index (χ3n) is 7.86. The van der Waals surface area contributed by atoms with E-state index in [1.807, 2.05) is 20.8 Å². The Bertz CT molecular complexity index is 970. The van der Waals surface area contributed by atoms with Gasteiger partial charge in [0, 0.05) is 17.8 Å². The Morgan fingerprint density at radius 2 is 1.91 bits per heavy atom. The summed E-state index contributed by atoms with van der Waals surface area (Å²) in [5, 5.41) is 16.4. The summed E-state index contributed by atoms with van der Waals surface area (Å²) in [7, 11) is 1.56. The SMILES string of the molecule is CC[C@@]12CCC3(O1)C(C(=O)Nc1ccc(Cl)cc1)N([C@@H](CO)CC(C)C)C(=O)[C@@H]3[C@@H]2C(=O)NC. The normalized spacial score (nSPS) is 32.7. The highest BCUT2D eigenvalue weighted by Gasteiger charge is 2.79. The number of anilines is 1. The van der Waals surface area contributed by atoms with Gasteiger partial charge in [0.05, 0.1) is 30.1 Å². The molecule has 1 aromatic carbocycles. The maximum atomic E-state index is 14.0. The fourth-order valence-electron chi connectivity index (χ4n) is 6.47. The second kappa shape index (κ2) is 9.13. The van der Waals surface area contributed by atoms with E-state index in [4.69, 9.17) is 16.3 Å². The van der Waals surface area contributed by atoms with Crippen molar-refractivity contribution in [2.75, 3.05) is 19.0 Å². The van der Waals surface area contributed by atoms with Crippen molar-refractivity contribution in [3.8, 4) is 0 Å². The Morgan fingerprint density at radius 3 is 2.47 bits per heavy atom. The Balaban J connectivity index is 1.79. The average molecular weight is 492 g/mol.